The zero-order valence-electron chi connectivity index (χ0n) is 12.0. The molecule has 19 heavy (non-hydrogen) atoms. The molecule has 0 bridgehead atoms. The van der Waals surface area contributed by atoms with Crippen molar-refractivity contribution in [3.63, 3.8) is 0 Å². The number of aliphatic hydroxyl groups excluding tert-OH is 1. The van der Waals surface area contributed by atoms with Gasteiger partial charge < -0.3 is 10.0 Å². The Bertz CT molecular complexity index is 397. The summed E-state index contributed by atoms with van der Waals surface area (Å²) in [7, 11) is 2.16. The SMILES string of the molecule is CC1CC(C)C(CN(C)Cc2cc(Br)cs2)C(O)C1. The van der Waals surface area contributed by atoms with Crippen LogP contribution in [-0.4, -0.2) is 29.7 Å². The van der Waals surface area contributed by atoms with Crippen molar-refractivity contribution in [2.45, 2.75) is 39.3 Å². The Labute approximate surface area is 129 Å². The van der Waals surface area contributed by atoms with Crippen molar-refractivity contribution in [2.24, 2.45) is 17.8 Å². The molecule has 4 atom stereocenters. The quantitative estimate of drug-likeness (QED) is 0.891. The second-order valence-corrected chi connectivity index (χ2v) is 8.12. The average molecular weight is 346 g/mol. The van der Waals surface area contributed by atoms with Gasteiger partial charge in [-0.2, -0.15) is 0 Å². The molecule has 1 heterocycles. The number of aliphatic hydroxyl groups is 1. The van der Waals surface area contributed by atoms with Gasteiger partial charge in [-0.3, -0.25) is 0 Å². The predicted octanol–water partition coefficient (Wildman–Crippen LogP) is 3.99. The lowest BCUT2D eigenvalue weighted by atomic mass is 9.73. The maximum atomic E-state index is 10.3. The van der Waals surface area contributed by atoms with Crippen LogP contribution in [0.2, 0.25) is 0 Å². The Morgan fingerprint density at radius 2 is 2.16 bits per heavy atom. The summed E-state index contributed by atoms with van der Waals surface area (Å²) < 4.78 is 1.17. The summed E-state index contributed by atoms with van der Waals surface area (Å²) >= 11 is 5.29. The van der Waals surface area contributed by atoms with E-state index in [2.05, 4.69) is 53.2 Å². The Balaban J connectivity index is 1.89. The van der Waals surface area contributed by atoms with E-state index in [1.54, 1.807) is 11.3 Å². The van der Waals surface area contributed by atoms with Gasteiger partial charge in [0.2, 0.25) is 0 Å². The number of nitrogens with zero attached hydrogens (tertiary/aromatic N) is 1. The van der Waals surface area contributed by atoms with Crippen LogP contribution in [0.1, 0.15) is 31.6 Å². The molecule has 0 spiro atoms. The van der Waals surface area contributed by atoms with Crippen LogP contribution in [0.4, 0.5) is 0 Å². The Hall–Kier alpha value is 0.1000. The molecule has 4 unspecified atom stereocenters. The normalized spacial score (nSPS) is 31.9. The van der Waals surface area contributed by atoms with Crippen LogP contribution in [0.5, 0.6) is 0 Å². The summed E-state index contributed by atoms with van der Waals surface area (Å²) in [6.07, 6.45) is 2.09. The Morgan fingerprint density at radius 3 is 2.74 bits per heavy atom. The molecular formula is C15H24BrNOS. The summed E-state index contributed by atoms with van der Waals surface area (Å²) in [6.45, 7) is 6.51. The molecule has 0 radical (unpaired) electrons. The van der Waals surface area contributed by atoms with E-state index in [9.17, 15) is 5.11 Å². The molecule has 4 heteroatoms. The van der Waals surface area contributed by atoms with E-state index in [1.807, 2.05) is 0 Å². The van der Waals surface area contributed by atoms with Crippen molar-refractivity contribution in [1.29, 1.82) is 0 Å². The van der Waals surface area contributed by atoms with Gasteiger partial charge in [0.05, 0.1) is 6.10 Å². The fourth-order valence-corrected chi connectivity index (χ4v) is 4.83. The third-order valence-corrected chi connectivity index (χ3v) is 5.90. The smallest absolute Gasteiger partial charge is 0.0585 e. The van der Waals surface area contributed by atoms with Gasteiger partial charge in [-0.25, -0.2) is 0 Å². The molecule has 1 aromatic heterocycles. The van der Waals surface area contributed by atoms with E-state index in [0.29, 0.717) is 17.8 Å². The predicted molar refractivity (Wildman–Crippen MR) is 85.4 cm³/mol. The van der Waals surface area contributed by atoms with Crippen LogP contribution in [0.3, 0.4) is 0 Å². The second-order valence-electron chi connectivity index (χ2n) is 6.21. The van der Waals surface area contributed by atoms with E-state index in [4.69, 9.17) is 0 Å². The highest BCUT2D eigenvalue weighted by molar-refractivity contribution is 9.10. The zero-order valence-corrected chi connectivity index (χ0v) is 14.4. The molecule has 2 rings (SSSR count). The van der Waals surface area contributed by atoms with Gasteiger partial charge in [0, 0.05) is 33.7 Å². The minimum Gasteiger partial charge on any atom is -0.393 e. The second kappa shape index (κ2) is 6.70. The largest absolute Gasteiger partial charge is 0.393 e. The van der Waals surface area contributed by atoms with Gasteiger partial charge in [-0.05, 0) is 53.7 Å². The van der Waals surface area contributed by atoms with Gasteiger partial charge in [-0.1, -0.05) is 13.8 Å². The first kappa shape index (κ1) is 15.5. The van der Waals surface area contributed by atoms with Crippen molar-refractivity contribution in [3.05, 3.63) is 20.8 Å². The van der Waals surface area contributed by atoms with E-state index in [-0.39, 0.29) is 6.10 Å². The summed E-state index contributed by atoms with van der Waals surface area (Å²) in [6, 6.07) is 2.18. The van der Waals surface area contributed by atoms with Crippen molar-refractivity contribution in [2.75, 3.05) is 13.6 Å². The average Bonchev–Trinajstić information content (AvgIpc) is 2.69. The third-order valence-electron chi connectivity index (χ3n) is 4.21. The van der Waals surface area contributed by atoms with E-state index in [0.717, 1.165) is 19.5 Å². The van der Waals surface area contributed by atoms with E-state index in [1.165, 1.54) is 15.8 Å². The van der Waals surface area contributed by atoms with Crippen molar-refractivity contribution in [1.82, 2.24) is 4.90 Å². The maximum absolute atomic E-state index is 10.3. The summed E-state index contributed by atoms with van der Waals surface area (Å²) in [5.74, 6) is 1.71. The third kappa shape index (κ3) is 4.28. The topological polar surface area (TPSA) is 23.5 Å². The monoisotopic (exact) mass is 345 g/mol. The lowest BCUT2D eigenvalue weighted by Crippen LogP contribution is -2.41. The van der Waals surface area contributed by atoms with Crippen LogP contribution >= 0.6 is 27.3 Å². The van der Waals surface area contributed by atoms with Crippen LogP contribution in [0.25, 0.3) is 0 Å². The lowest BCUT2D eigenvalue weighted by molar-refractivity contribution is 0.000713. The Morgan fingerprint density at radius 1 is 1.42 bits per heavy atom. The van der Waals surface area contributed by atoms with Crippen molar-refractivity contribution < 1.29 is 5.11 Å². The molecule has 1 saturated carbocycles. The molecule has 0 amide bonds. The fraction of sp³-hybridized carbons (Fsp3) is 0.733. The highest BCUT2D eigenvalue weighted by atomic mass is 79.9. The molecule has 108 valence electrons. The van der Waals surface area contributed by atoms with Gasteiger partial charge >= 0.3 is 0 Å². The van der Waals surface area contributed by atoms with Gasteiger partial charge in [0.25, 0.3) is 0 Å². The minimum absolute atomic E-state index is 0.128. The first-order valence-corrected chi connectivity index (χ1v) is 8.72. The van der Waals surface area contributed by atoms with E-state index < -0.39 is 0 Å². The number of halogens is 1. The fourth-order valence-electron chi connectivity index (χ4n) is 3.30. The maximum Gasteiger partial charge on any atom is 0.0585 e. The van der Waals surface area contributed by atoms with Gasteiger partial charge in [-0.15, -0.1) is 11.3 Å². The summed E-state index contributed by atoms with van der Waals surface area (Å²) in [5.41, 5.74) is 0. The number of hydrogen-bond acceptors (Lipinski definition) is 3. The zero-order chi connectivity index (χ0) is 14.0. The summed E-state index contributed by atoms with van der Waals surface area (Å²) in [4.78, 5) is 3.72. The number of rotatable bonds is 4. The minimum atomic E-state index is -0.128. The molecular weight excluding hydrogens is 322 g/mol. The molecule has 2 nitrogen and oxygen atoms in total. The van der Waals surface area contributed by atoms with Crippen molar-refractivity contribution in [3.8, 4) is 0 Å². The molecule has 1 N–H and O–H groups in total. The van der Waals surface area contributed by atoms with Crippen LogP contribution in [0, 0.1) is 17.8 Å². The summed E-state index contributed by atoms with van der Waals surface area (Å²) in [5, 5.41) is 12.4. The molecule has 1 fully saturated rings. The molecule has 0 aromatic carbocycles. The lowest BCUT2D eigenvalue weighted by Gasteiger charge is -2.38. The van der Waals surface area contributed by atoms with Crippen LogP contribution in [-0.2, 0) is 6.54 Å². The van der Waals surface area contributed by atoms with Crippen LogP contribution < -0.4 is 0 Å². The molecule has 0 aliphatic heterocycles. The molecule has 1 aliphatic rings. The highest BCUT2D eigenvalue weighted by Crippen LogP contribution is 2.34. The molecule has 0 saturated heterocycles. The molecule has 1 aliphatic carbocycles. The molecule has 1 aromatic rings. The highest BCUT2D eigenvalue weighted by Gasteiger charge is 2.33. The first-order valence-electron chi connectivity index (χ1n) is 7.05. The van der Waals surface area contributed by atoms with Crippen molar-refractivity contribution >= 4 is 27.3 Å². The van der Waals surface area contributed by atoms with Crippen LogP contribution in [0.15, 0.2) is 15.9 Å². The number of thiophene rings is 1. The standard InChI is InChI=1S/C15H24BrNOS/c1-10-4-11(2)14(15(18)5-10)8-17(3)7-13-6-12(16)9-19-13/h6,9-11,14-15,18H,4-5,7-8H2,1-3H3. The van der Waals surface area contributed by atoms with Gasteiger partial charge in [0.1, 0.15) is 0 Å². The van der Waals surface area contributed by atoms with Gasteiger partial charge in [0.15, 0.2) is 0 Å². The first-order chi connectivity index (χ1) is 8.95. The Kier molecular flexibility index (Phi) is 5.46. The number of hydrogen-bond donors (Lipinski definition) is 1. The van der Waals surface area contributed by atoms with E-state index >= 15 is 0 Å².